The maximum atomic E-state index is 6.41. The minimum absolute atomic E-state index is 0.701. The van der Waals surface area contributed by atoms with Crippen LogP contribution < -0.4 is 5.32 Å². The molecule has 1 aliphatic rings. The number of amidine groups is 1. The molecule has 1 aliphatic heterocycles. The molecule has 4 rings (SSSR count). The molecular formula is C20H20ClN3S. The lowest BCUT2D eigenvalue weighted by atomic mass is 10.1. The molecule has 1 aromatic carbocycles. The topological polar surface area (TPSA) is 37.3 Å². The Bertz CT molecular complexity index is 1010. The molecule has 1 N–H and O–H groups in total. The van der Waals surface area contributed by atoms with Crippen molar-refractivity contribution in [2.75, 3.05) is 0 Å². The van der Waals surface area contributed by atoms with Crippen LogP contribution in [0.3, 0.4) is 0 Å². The number of thiophene rings is 1. The highest BCUT2D eigenvalue weighted by molar-refractivity contribution is 7.20. The Morgan fingerprint density at radius 2 is 1.84 bits per heavy atom. The summed E-state index contributed by atoms with van der Waals surface area (Å²) in [6.45, 7) is 9.79. The van der Waals surface area contributed by atoms with E-state index in [0.717, 1.165) is 33.5 Å². The Labute approximate surface area is 156 Å². The second kappa shape index (κ2) is 6.11. The monoisotopic (exact) mass is 369 g/mol. The molecule has 2 aromatic heterocycles. The number of rotatable bonds is 2. The van der Waals surface area contributed by atoms with Gasteiger partial charge in [0, 0.05) is 17.5 Å². The van der Waals surface area contributed by atoms with Crippen molar-refractivity contribution in [1.82, 2.24) is 10.3 Å². The predicted octanol–water partition coefficient (Wildman–Crippen LogP) is 5.23. The molecule has 3 aromatic rings. The van der Waals surface area contributed by atoms with Crippen molar-refractivity contribution >= 4 is 39.0 Å². The molecule has 3 heterocycles. The van der Waals surface area contributed by atoms with Gasteiger partial charge >= 0.3 is 0 Å². The Balaban J connectivity index is 1.65. The molecule has 0 aliphatic carbocycles. The summed E-state index contributed by atoms with van der Waals surface area (Å²) in [5, 5.41) is 5.47. The van der Waals surface area contributed by atoms with Gasteiger partial charge in [0.15, 0.2) is 0 Å². The molecule has 0 fully saturated rings. The van der Waals surface area contributed by atoms with Gasteiger partial charge in [0.2, 0.25) is 0 Å². The lowest BCUT2D eigenvalue weighted by Crippen LogP contribution is -2.21. The standard InChI is InChI=1S/C20H20ClN3S/c1-10-5-11(2)7-14(6-10)8-22-19-18-15(9-23-19)16-12(3)17(21)13(4)24-20(16)25-18/h5-7H,8-9H2,1-4H3,(H,22,23). The summed E-state index contributed by atoms with van der Waals surface area (Å²) in [4.78, 5) is 11.7. The molecule has 0 saturated carbocycles. The summed E-state index contributed by atoms with van der Waals surface area (Å²) in [7, 11) is 0. The van der Waals surface area contributed by atoms with Crippen LogP contribution in [0.1, 0.15) is 38.4 Å². The minimum atomic E-state index is 0.701. The third-order valence-corrected chi connectivity index (χ3v) is 6.32. The van der Waals surface area contributed by atoms with Crippen molar-refractivity contribution in [2.24, 2.45) is 4.99 Å². The molecule has 0 atom stereocenters. The average molecular weight is 370 g/mol. The fraction of sp³-hybridized carbons (Fsp3) is 0.300. The fourth-order valence-electron chi connectivity index (χ4n) is 3.56. The molecule has 0 spiro atoms. The summed E-state index contributed by atoms with van der Waals surface area (Å²) < 4.78 is 0. The van der Waals surface area contributed by atoms with Gasteiger partial charge in [0.25, 0.3) is 0 Å². The molecule has 25 heavy (non-hydrogen) atoms. The molecule has 0 saturated heterocycles. The Hall–Kier alpha value is -1.91. The zero-order valence-electron chi connectivity index (χ0n) is 14.8. The van der Waals surface area contributed by atoms with Crippen molar-refractivity contribution < 1.29 is 0 Å². The Kier molecular flexibility index (Phi) is 4.05. The van der Waals surface area contributed by atoms with Crippen molar-refractivity contribution in [3.05, 3.63) is 61.6 Å². The largest absolute Gasteiger partial charge is 0.365 e. The van der Waals surface area contributed by atoms with Gasteiger partial charge in [0.1, 0.15) is 10.7 Å². The highest BCUT2D eigenvalue weighted by Gasteiger charge is 2.24. The van der Waals surface area contributed by atoms with Crippen LogP contribution >= 0.6 is 22.9 Å². The van der Waals surface area contributed by atoms with Gasteiger partial charge in [-0.05, 0) is 38.8 Å². The number of aliphatic imine (C=N–C) groups is 1. The SMILES string of the molecule is Cc1cc(C)cc(CNC2=NCc3c2sc2nc(C)c(Cl)c(C)c32)c1. The number of aryl methyl sites for hydroxylation is 4. The fourth-order valence-corrected chi connectivity index (χ4v) is 4.98. The van der Waals surface area contributed by atoms with Crippen molar-refractivity contribution in [2.45, 2.75) is 40.8 Å². The van der Waals surface area contributed by atoms with Crippen molar-refractivity contribution in [3.8, 4) is 0 Å². The first-order valence-electron chi connectivity index (χ1n) is 8.38. The van der Waals surface area contributed by atoms with E-state index < -0.39 is 0 Å². The summed E-state index contributed by atoms with van der Waals surface area (Å²) in [5.41, 5.74) is 7.13. The van der Waals surface area contributed by atoms with Gasteiger partial charge in [-0.1, -0.05) is 40.9 Å². The molecule has 3 nitrogen and oxygen atoms in total. The van der Waals surface area contributed by atoms with Gasteiger partial charge in [-0.2, -0.15) is 0 Å². The molecule has 0 unspecified atom stereocenters. The van der Waals surface area contributed by atoms with Crippen LogP contribution in [-0.4, -0.2) is 10.8 Å². The summed E-state index contributed by atoms with van der Waals surface area (Å²) in [6, 6.07) is 6.63. The van der Waals surface area contributed by atoms with Gasteiger partial charge < -0.3 is 5.32 Å². The van der Waals surface area contributed by atoms with Gasteiger partial charge in [-0.25, -0.2) is 4.98 Å². The first-order valence-corrected chi connectivity index (χ1v) is 9.57. The lowest BCUT2D eigenvalue weighted by molar-refractivity contribution is 0.908. The van der Waals surface area contributed by atoms with E-state index in [1.807, 2.05) is 6.92 Å². The van der Waals surface area contributed by atoms with Crippen LogP contribution in [0.2, 0.25) is 5.02 Å². The van der Waals surface area contributed by atoms with Crippen LogP contribution in [-0.2, 0) is 13.1 Å². The average Bonchev–Trinajstić information content (AvgIpc) is 3.08. The molecule has 0 bridgehead atoms. The third kappa shape index (κ3) is 2.83. The van der Waals surface area contributed by atoms with Crippen LogP contribution in [0.4, 0.5) is 0 Å². The minimum Gasteiger partial charge on any atom is -0.365 e. The highest BCUT2D eigenvalue weighted by atomic mass is 35.5. The molecule has 5 heteroatoms. The van der Waals surface area contributed by atoms with E-state index in [0.29, 0.717) is 6.54 Å². The van der Waals surface area contributed by atoms with E-state index in [-0.39, 0.29) is 0 Å². The van der Waals surface area contributed by atoms with E-state index >= 15 is 0 Å². The number of pyridine rings is 1. The lowest BCUT2D eigenvalue weighted by Gasteiger charge is -2.08. The Morgan fingerprint density at radius 1 is 1.12 bits per heavy atom. The number of nitrogens with zero attached hydrogens (tertiary/aromatic N) is 2. The number of hydrogen-bond donors (Lipinski definition) is 1. The zero-order valence-corrected chi connectivity index (χ0v) is 16.4. The van der Waals surface area contributed by atoms with Crippen LogP contribution in [0, 0.1) is 27.7 Å². The summed E-state index contributed by atoms with van der Waals surface area (Å²) in [6.07, 6.45) is 0. The molecule has 0 amide bonds. The van der Waals surface area contributed by atoms with E-state index in [1.165, 1.54) is 32.5 Å². The maximum Gasteiger partial charge on any atom is 0.139 e. The second-order valence-electron chi connectivity index (χ2n) is 6.74. The van der Waals surface area contributed by atoms with E-state index in [4.69, 9.17) is 16.6 Å². The smallest absolute Gasteiger partial charge is 0.139 e. The normalized spacial score (nSPS) is 13.2. The van der Waals surface area contributed by atoms with Crippen molar-refractivity contribution in [3.63, 3.8) is 0 Å². The van der Waals surface area contributed by atoms with E-state index in [9.17, 15) is 0 Å². The van der Waals surface area contributed by atoms with Crippen LogP contribution in [0.5, 0.6) is 0 Å². The van der Waals surface area contributed by atoms with Gasteiger partial charge in [-0.15, -0.1) is 11.3 Å². The van der Waals surface area contributed by atoms with Crippen LogP contribution in [0.25, 0.3) is 10.2 Å². The number of halogens is 1. The summed E-state index contributed by atoms with van der Waals surface area (Å²) in [5.74, 6) is 0.977. The quantitative estimate of drug-likeness (QED) is 0.671. The first-order chi connectivity index (χ1) is 11.9. The number of fused-ring (bicyclic) bond motifs is 3. The summed E-state index contributed by atoms with van der Waals surface area (Å²) >= 11 is 8.12. The first kappa shape index (κ1) is 16.6. The van der Waals surface area contributed by atoms with Gasteiger partial charge in [-0.3, -0.25) is 4.99 Å². The van der Waals surface area contributed by atoms with E-state index in [1.54, 1.807) is 11.3 Å². The maximum absolute atomic E-state index is 6.41. The van der Waals surface area contributed by atoms with Crippen molar-refractivity contribution in [1.29, 1.82) is 0 Å². The number of nitrogens with one attached hydrogen (secondary N) is 1. The van der Waals surface area contributed by atoms with Gasteiger partial charge in [0.05, 0.1) is 22.1 Å². The number of hydrogen-bond acceptors (Lipinski definition) is 4. The molecule has 128 valence electrons. The number of benzene rings is 1. The van der Waals surface area contributed by atoms with Crippen LogP contribution in [0.15, 0.2) is 23.2 Å². The van der Waals surface area contributed by atoms with E-state index in [2.05, 4.69) is 49.3 Å². The Morgan fingerprint density at radius 3 is 2.56 bits per heavy atom. The number of aromatic nitrogens is 1. The second-order valence-corrected chi connectivity index (χ2v) is 8.12. The third-order valence-electron chi connectivity index (χ3n) is 4.63. The molecular weight excluding hydrogens is 350 g/mol. The molecule has 0 radical (unpaired) electrons. The predicted molar refractivity (Wildman–Crippen MR) is 107 cm³/mol. The zero-order chi connectivity index (χ0) is 17.7. The highest BCUT2D eigenvalue weighted by Crippen LogP contribution is 2.39.